The van der Waals surface area contributed by atoms with Crippen LogP contribution in [0.4, 0.5) is 18.9 Å². The molecule has 8 heteroatoms. The van der Waals surface area contributed by atoms with Crippen LogP contribution in [-0.2, 0) is 6.18 Å². The predicted octanol–water partition coefficient (Wildman–Crippen LogP) is 3.97. The van der Waals surface area contributed by atoms with Gasteiger partial charge in [0.25, 0.3) is 5.69 Å². The van der Waals surface area contributed by atoms with E-state index < -0.39 is 33.4 Å². The molecular weight excluding hydrogens is 301 g/mol. The number of rotatable bonds is 3. The van der Waals surface area contributed by atoms with Crippen LogP contribution in [-0.4, -0.2) is 9.91 Å². The summed E-state index contributed by atoms with van der Waals surface area (Å²) in [7, 11) is 0. The Labute approximate surface area is 122 Å². The number of alkyl halides is 3. The Bertz CT molecular complexity index is 796. The van der Waals surface area contributed by atoms with Gasteiger partial charge in [0.05, 0.1) is 10.3 Å². The number of fused-ring (bicyclic) bond motifs is 1. The summed E-state index contributed by atoms with van der Waals surface area (Å²) in [6.07, 6.45) is -4.10. The normalized spacial score (nSPS) is 13.3. The highest BCUT2D eigenvalue weighted by Crippen LogP contribution is 2.32. The molecule has 0 spiro atoms. The third-order valence-electron chi connectivity index (χ3n) is 3.62. The first-order valence-electron chi connectivity index (χ1n) is 6.57. The number of nitro benzene ring substituents is 1. The average molecular weight is 314 g/mol. The number of pyridine rings is 1. The Kier molecular flexibility index (Phi) is 3.95. The first-order chi connectivity index (χ1) is 10.1. The molecule has 1 N–H and O–H groups in total. The van der Waals surface area contributed by atoms with Crippen LogP contribution in [0, 0.1) is 10.1 Å². The SMILES string of the molecule is CCC(C)c1cc([N+](=O)[O-])c2[nH]c(C(F)(F)F)cc(=O)c2c1. The zero-order chi connectivity index (χ0) is 16.7. The first-order valence-corrected chi connectivity index (χ1v) is 6.57. The fourth-order valence-corrected chi connectivity index (χ4v) is 2.17. The highest BCUT2D eigenvalue weighted by molar-refractivity contribution is 5.88. The van der Waals surface area contributed by atoms with Crippen molar-refractivity contribution in [1.29, 1.82) is 0 Å². The molecule has 0 saturated heterocycles. The summed E-state index contributed by atoms with van der Waals surface area (Å²) < 4.78 is 38.3. The lowest BCUT2D eigenvalue weighted by Gasteiger charge is -2.12. The minimum absolute atomic E-state index is 0.0511. The Balaban J connectivity index is 2.88. The van der Waals surface area contributed by atoms with Crippen molar-refractivity contribution in [1.82, 2.24) is 4.98 Å². The highest BCUT2D eigenvalue weighted by atomic mass is 19.4. The zero-order valence-electron chi connectivity index (χ0n) is 11.8. The maximum absolute atomic E-state index is 12.8. The summed E-state index contributed by atoms with van der Waals surface area (Å²) in [5.74, 6) is -0.0511. The molecule has 1 aromatic heterocycles. The molecule has 5 nitrogen and oxygen atoms in total. The second kappa shape index (κ2) is 5.43. The second-order valence-corrected chi connectivity index (χ2v) is 5.07. The molecular formula is C14H13F3N2O3. The molecule has 0 aliphatic carbocycles. The van der Waals surface area contributed by atoms with Gasteiger partial charge >= 0.3 is 6.18 Å². The summed E-state index contributed by atoms with van der Waals surface area (Å²) in [6.45, 7) is 3.70. The quantitative estimate of drug-likeness (QED) is 0.688. The van der Waals surface area contributed by atoms with Gasteiger partial charge in [-0.2, -0.15) is 13.2 Å². The summed E-state index contributed by atoms with van der Waals surface area (Å²) in [5, 5.41) is 11.0. The monoisotopic (exact) mass is 314 g/mol. The Morgan fingerprint density at radius 1 is 1.32 bits per heavy atom. The molecule has 2 rings (SSSR count). The fourth-order valence-electron chi connectivity index (χ4n) is 2.17. The van der Waals surface area contributed by atoms with Gasteiger partial charge in [-0.15, -0.1) is 0 Å². The van der Waals surface area contributed by atoms with Crippen molar-refractivity contribution < 1.29 is 18.1 Å². The van der Waals surface area contributed by atoms with E-state index in [9.17, 15) is 28.1 Å². The lowest BCUT2D eigenvalue weighted by molar-refractivity contribution is -0.383. The third kappa shape index (κ3) is 2.81. The van der Waals surface area contributed by atoms with Gasteiger partial charge in [-0.1, -0.05) is 13.8 Å². The first kappa shape index (κ1) is 16.0. The predicted molar refractivity (Wildman–Crippen MR) is 74.9 cm³/mol. The highest BCUT2D eigenvalue weighted by Gasteiger charge is 2.33. The standard InChI is InChI=1S/C14H13F3N2O3/c1-3-7(2)8-4-9-11(20)6-12(14(15,16)17)18-13(9)10(5-8)19(21)22/h4-7H,3H2,1-2H3,(H,18,20). The van der Waals surface area contributed by atoms with Crippen LogP contribution in [0.15, 0.2) is 23.0 Å². The van der Waals surface area contributed by atoms with Gasteiger partial charge in [-0.05, 0) is 24.0 Å². The smallest absolute Gasteiger partial charge is 0.345 e. The van der Waals surface area contributed by atoms with E-state index in [4.69, 9.17) is 0 Å². The third-order valence-corrected chi connectivity index (χ3v) is 3.62. The minimum atomic E-state index is -4.78. The van der Waals surface area contributed by atoms with E-state index in [0.29, 0.717) is 18.1 Å². The number of H-pyrrole nitrogens is 1. The lowest BCUT2D eigenvalue weighted by Crippen LogP contribution is -2.15. The molecule has 1 aromatic carbocycles. The number of aromatic amines is 1. The average Bonchev–Trinajstić information content (AvgIpc) is 2.44. The maximum atomic E-state index is 12.8. The Morgan fingerprint density at radius 2 is 1.95 bits per heavy atom. The molecule has 0 amide bonds. The van der Waals surface area contributed by atoms with E-state index in [0.717, 1.165) is 0 Å². The molecule has 0 radical (unpaired) electrons. The van der Waals surface area contributed by atoms with Gasteiger partial charge in [0.15, 0.2) is 5.43 Å². The van der Waals surface area contributed by atoms with E-state index in [1.165, 1.54) is 12.1 Å². The van der Waals surface area contributed by atoms with Crippen LogP contribution in [0.3, 0.4) is 0 Å². The summed E-state index contributed by atoms with van der Waals surface area (Å²) in [6, 6.07) is 3.05. The van der Waals surface area contributed by atoms with E-state index in [-0.39, 0.29) is 11.3 Å². The van der Waals surface area contributed by atoms with E-state index in [1.54, 1.807) is 0 Å². The number of nitro groups is 1. The summed E-state index contributed by atoms with van der Waals surface area (Å²) in [5.41, 5.74) is -2.58. The van der Waals surface area contributed by atoms with Crippen LogP contribution in [0.2, 0.25) is 0 Å². The van der Waals surface area contributed by atoms with Crippen molar-refractivity contribution in [3.63, 3.8) is 0 Å². The zero-order valence-corrected chi connectivity index (χ0v) is 11.8. The number of nitrogens with zero attached hydrogens (tertiary/aromatic N) is 1. The van der Waals surface area contributed by atoms with E-state index in [1.807, 2.05) is 18.8 Å². The van der Waals surface area contributed by atoms with Crippen molar-refractivity contribution in [3.05, 3.63) is 49.8 Å². The van der Waals surface area contributed by atoms with Crippen LogP contribution < -0.4 is 5.43 Å². The largest absolute Gasteiger partial charge is 0.431 e. The molecule has 1 atom stereocenters. The molecule has 0 saturated carbocycles. The van der Waals surface area contributed by atoms with Gasteiger partial charge in [0.2, 0.25) is 0 Å². The Morgan fingerprint density at radius 3 is 2.45 bits per heavy atom. The minimum Gasteiger partial charge on any atom is -0.345 e. The lowest BCUT2D eigenvalue weighted by atomic mass is 9.96. The van der Waals surface area contributed by atoms with Gasteiger partial charge in [0, 0.05) is 12.1 Å². The van der Waals surface area contributed by atoms with Gasteiger partial charge in [-0.3, -0.25) is 14.9 Å². The second-order valence-electron chi connectivity index (χ2n) is 5.07. The number of benzene rings is 1. The van der Waals surface area contributed by atoms with Gasteiger partial charge in [0.1, 0.15) is 11.2 Å². The van der Waals surface area contributed by atoms with Crippen molar-refractivity contribution >= 4 is 16.6 Å². The van der Waals surface area contributed by atoms with Crippen LogP contribution >= 0.6 is 0 Å². The molecule has 1 unspecified atom stereocenters. The van der Waals surface area contributed by atoms with Crippen molar-refractivity contribution in [2.24, 2.45) is 0 Å². The number of halogens is 3. The summed E-state index contributed by atoms with van der Waals surface area (Å²) in [4.78, 5) is 24.3. The molecule has 0 aliphatic rings. The van der Waals surface area contributed by atoms with Crippen LogP contribution in [0.25, 0.3) is 10.9 Å². The Hall–Kier alpha value is -2.38. The summed E-state index contributed by atoms with van der Waals surface area (Å²) >= 11 is 0. The molecule has 0 aliphatic heterocycles. The van der Waals surface area contributed by atoms with E-state index >= 15 is 0 Å². The molecule has 22 heavy (non-hydrogen) atoms. The van der Waals surface area contributed by atoms with E-state index in [2.05, 4.69) is 0 Å². The number of aromatic nitrogens is 1. The molecule has 0 fully saturated rings. The van der Waals surface area contributed by atoms with Crippen molar-refractivity contribution in [2.45, 2.75) is 32.4 Å². The molecule has 0 bridgehead atoms. The maximum Gasteiger partial charge on any atom is 0.431 e. The van der Waals surface area contributed by atoms with Gasteiger partial charge in [-0.25, -0.2) is 0 Å². The van der Waals surface area contributed by atoms with Gasteiger partial charge < -0.3 is 4.98 Å². The van der Waals surface area contributed by atoms with Crippen molar-refractivity contribution in [2.75, 3.05) is 0 Å². The number of hydrogen-bond acceptors (Lipinski definition) is 3. The topological polar surface area (TPSA) is 76.0 Å². The molecule has 1 heterocycles. The van der Waals surface area contributed by atoms with Crippen LogP contribution in [0.5, 0.6) is 0 Å². The van der Waals surface area contributed by atoms with Crippen molar-refractivity contribution in [3.8, 4) is 0 Å². The fraction of sp³-hybridized carbons (Fsp3) is 0.357. The molecule has 118 valence electrons. The number of hydrogen-bond donors (Lipinski definition) is 1. The number of non-ortho nitro benzene ring substituents is 1. The number of nitrogens with one attached hydrogen (secondary N) is 1. The molecule has 2 aromatic rings. The van der Waals surface area contributed by atoms with Crippen LogP contribution in [0.1, 0.15) is 37.4 Å².